The van der Waals surface area contributed by atoms with E-state index in [9.17, 15) is 0 Å². The van der Waals surface area contributed by atoms with Gasteiger partial charge in [-0.25, -0.2) is 0 Å². The van der Waals surface area contributed by atoms with Gasteiger partial charge >= 0.3 is 0 Å². The second-order valence-electron chi connectivity index (χ2n) is 6.37. The van der Waals surface area contributed by atoms with Crippen molar-refractivity contribution in [1.82, 2.24) is 10.6 Å². The maximum Gasteiger partial charge on any atom is 0.191 e. The molecular weight excluding hydrogens is 370 g/mol. The van der Waals surface area contributed by atoms with Gasteiger partial charge in [0.2, 0.25) is 0 Å². The molecule has 2 rings (SSSR count). The molecule has 0 heterocycles. The monoisotopic (exact) mass is 401 g/mol. The molecule has 2 N–H and O–H groups in total. The van der Waals surface area contributed by atoms with E-state index >= 15 is 0 Å². The van der Waals surface area contributed by atoms with Gasteiger partial charge in [-0.05, 0) is 36.8 Å². The molecular formula is C22H31N3O4. The number of methoxy groups -OCH3 is 2. The van der Waals surface area contributed by atoms with Crippen LogP contribution in [0.1, 0.15) is 12.5 Å². The molecule has 2 aromatic rings. The van der Waals surface area contributed by atoms with Crippen LogP contribution in [0.25, 0.3) is 0 Å². The maximum absolute atomic E-state index is 5.95. The van der Waals surface area contributed by atoms with E-state index in [1.807, 2.05) is 55.5 Å². The van der Waals surface area contributed by atoms with Gasteiger partial charge in [0.25, 0.3) is 0 Å². The fourth-order valence-corrected chi connectivity index (χ4v) is 2.57. The fourth-order valence-electron chi connectivity index (χ4n) is 2.57. The summed E-state index contributed by atoms with van der Waals surface area (Å²) in [5.74, 6) is 2.98. The van der Waals surface area contributed by atoms with Gasteiger partial charge in [-0.3, -0.25) is 4.99 Å². The number of rotatable bonds is 11. The van der Waals surface area contributed by atoms with Crippen LogP contribution in [0.3, 0.4) is 0 Å². The number of hydrogen-bond acceptors (Lipinski definition) is 5. The third-order valence-electron chi connectivity index (χ3n) is 4.12. The fraction of sp³-hybridized carbons (Fsp3) is 0.409. The van der Waals surface area contributed by atoms with Gasteiger partial charge in [0.05, 0.1) is 20.3 Å². The highest BCUT2D eigenvalue weighted by atomic mass is 16.5. The van der Waals surface area contributed by atoms with Gasteiger partial charge in [-0.2, -0.15) is 0 Å². The van der Waals surface area contributed by atoms with Gasteiger partial charge in [-0.15, -0.1) is 0 Å². The Morgan fingerprint density at radius 3 is 2.34 bits per heavy atom. The first-order valence-electron chi connectivity index (χ1n) is 9.61. The second kappa shape index (κ2) is 12.5. The van der Waals surface area contributed by atoms with Crippen molar-refractivity contribution in [2.24, 2.45) is 4.99 Å². The summed E-state index contributed by atoms with van der Waals surface area (Å²) < 4.78 is 21.8. The number of ether oxygens (including phenoxy) is 4. The Kier molecular flexibility index (Phi) is 9.65. The Hall–Kier alpha value is -2.93. The van der Waals surface area contributed by atoms with Crippen LogP contribution in [-0.4, -0.2) is 53.1 Å². The Morgan fingerprint density at radius 2 is 1.69 bits per heavy atom. The normalized spacial score (nSPS) is 12.2. The summed E-state index contributed by atoms with van der Waals surface area (Å²) in [6.07, 6.45) is -0.0617. The van der Waals surface area contributed by atoms with Crippen molar-refractivity contribution in [2.75, 3.05) is 41.0 Å². The lowest BCUT2D eigenvalue weighted by molar-refractivity contribution is 0.146. The van der Waals surface area contributed by atoms with Crippen molar-refractivity contribution in [3.8, 4) is 17.2 Å². The van der Waals surface area contributed by atoms with Gasteiger partial charge in [0, 0.05) is 20.7 Å². The predicted octanol–water partition coefficient (Wildman–Crippen LogP) is 2.85. The van der Waals surface area contributed by atoms with Crippen LogP contribution in [-0.2, 0) is 11.3 Å². The third-order valence-corrected chi connectivity index (χ3v) is 4.12. The summed E-state index contributed by atoms with van der Waals surface area (Å²) in [7, 11) is 5.04. The lowest BCUT2D eigenvalue weighted by atomic mass is 10.2. The van der Waals surface area contributed by atoms with Gasteiger partial charge in [0.15, 0.2) is 17.5 Å². The summed E-state index contributed by atoms with van der Waals surface area (Å²) in [6, 6.07) is 15.6. The van der Waals surface area contributed by atoms with E-state index in [2.05, 4.69) is 15.6 Å². The molecule has 158 valence electrons. The molecule has 0 saturated carbocycles. The van der Waals surface area contributed by atoms with E-state index < -0.39 is 0 Å². The molecule has 2 aromatic carbocycles. The van der Waals surface area contributed by atoms with E-state index in [1.165, 1.54) is 0 Å². The molecule has 0 aliphatic heterocycles. The minimum absolute atomic E-state index is 0.0617. The molecule has 0 amide bonds. The molecule has 0 bridgehead atoms. The second-order valence-corrected chi connectivity index (χ2v) is 6.37. The van der Waals surface area contributed by atoms with Gasteiger partial charge in [-0.1, -0.05) is 24.3 Å². The van der Waals surface area contributed by atoms with Crippen LogP contribution in [0.2, 0.25) is 0 Å². The minimum Gasteiger partial charge on any atom is -0.493 e. The summed E-state index contributed by atoms with van der Waals surface area (Å²) in [5.41, 5.74) is 1.13. The number of nitrogens with one attached hydrogen (secondary N) is 2. The molecule has 0 saturated heterocycles. The average molecular weight is 402 g/mol. The van der Waals surface area contributed by atoms with Crippen molar-refractivity contribution in [1.29, 1.82) is 0 Å². The summed E-state index contributed by atoms with van der Waals surface area (Å²) >= 11 is 0. The molecule has 0 spiro atoms. The quantitative estimate of drug-likeness (QED) is 0.343. The van der Waals surface area contributed by atoms with E-state index in [4.69, 9.17) is 18.9 Å². The van der Waals surface area contributed by atoms with E-state index in [0.717, 1.165) is 22.8 Å². The maximum atomic E-state index is 5.95. The lowest BCUT2D eigenvalue weighted by Crippen LogP contribution is -2.41. The average Bonchev–Trinajstić information content (AvgIpc) is 2.75. The summed E-state index contributed by atoms with van der Waals surface area (Å²) in [6.45, 7) is 4.36. The Bertz CT molecular complexity index is 750. The zero-order valence-corrected chi connectivity index (χ0v) is 17.6. The molecule has 1 atom stereocenters. The van der Waals surface area contributed by atoms with E-state index in [0.29, 0.717) is 32.3 Å². The van der Waals surface area contributed by atoms with Crippen molar-refractivity contribution < 1.29 is 18.9 Å². The van der Waals surface area contributed by atoms with Crippen LogP contribution in [0.5, 0.6) is 17.2 Å². The van der Waals surface area contributed by atoms with Crippen LogP contribution >= 0.6 is 0 Å². The first-order valence-corrected chi connectivity index (χ1v) is 9.61. The van der Waals surface area contributed by atoms with Crippen LogP contribution in [0, 0.1) is 0 Å². The standard InChI is InChI=1S/C22H31N3O4/c1-17(29-21-8-6-5-7-20(21)27-4)15-24-22(23-2)25-16-18-9-11-19(12-10-18)28-14-13-26-3/h5-12,17H,13-16H2,1-4H3,(H2,23,24,25). The number of nitrogens with zero attached hydrogens (tertiary/aromatic N) is 1. The molecule has 0 radical (unpaired) electrons. The van der Waals surface area contributed by atoms with Crippen molar-refractivity contribution in [3.05, 3.63) is 54.1 Å². The lowest BCUT2D eigenvalue weighted by Gasteiger charge is -2.19. The van der Waals surface area contributed by atoms with Crippen LogP contribution in [0.15, 0.2) is 53.5 Å². The highest BCUT2D eigenvalue weighted by molar-refractivity contribution is 5.79. The number of guanidine groups is 1. The van der Waals surface area contributed by atoms with Gasteiger partial charge < -0.3 is 29.6 Å². The zero-order chi connectivity index (χ0) is 20.9. The number of aliphatic imine (C=N–C) groups is 1. The molecule has 7 heteroatoms. The minimum atomic E-state index is -0.0617. The molecule has 0 aliphatic rings. The summed E-state index contributed by atoms with van der Waals surface area (Å²) in [5, 5.41) is 6.57. The highest BCUT2D eigenvalue weighted by Gasteiger charge is 2.09. The van der Waals surface area contributed by atoms with Crippen LogP contribution < -0.4 is 24.8 Å². The zero-order valence-electron chi connectivity index (χ0n) is 17.6. The van der Waals surface area contributed by atoms with E-state index in [-0.39, 0.29) is 6.10 Å². The Labute approximate surface area is 173 Å². The number of hydrogen-bond donors (Lipinski definition) is 2. The smallest absolute Gasteiger partial charge is 0.191 e. The highest BCUT2D eigenvalue weighted by Crippen LogP contribution is 2.26. The third kappa shape index (κ3) is 7.91. The van der Waals surface area contributed by atoms with E-state index in [1.54, 1.807) is 21.3 Å². The Balaban J connectivity index is 1.76. The molecule has 7 nitrogen and oxygen atoms in total. The SMILES string of the molecule is CN=C(NCc1ccc(OCCOC)cc1)NCC(C)Oc1ccccc1OC. The molecule has 0 aromatic heterocycles. The topological polar surface area (TPSA) is 73.3 Å². The predicted molar refractivity (Wildman–Crippen MR) is 115 cm³/mol. The molecule has 29 heavy (non-hydrogen) atoms. The summed E-state index contributed by atoms with van der Waals surface area (Å²) in [4.78, 5) is 4.26. The first-order chi connectivity index (χ1) is 14.2. The molecule has 0 aliphatic carbocycles. The first kappa shape index (κ1) is 22.4. The van der Waals surface area contributed by atoms with Crippen LogP contribution in [0.4, 0.5) is 0 Å². The number of para-hydroxylation sites is 2. The van der Waals surface area contributed by atoms with Gasteiger partial charge in [0.1, 0.15) is 18.5 Å². The Morgan fingerprint density at radius 1 is 0.966 bits per heavy atom. The molecule has 1 unspecified atom stereocenters. The number of benzene rings is 2. The van der Waals surface area contributed by atoms with Crippen molar-refractivity contribution >= 4 is 5.96 Å². The van der Waals surface area contributed by atoms with Crippen molar-refractivity contribution in [2.45, 2.75) is 19.6 Å². The molecule has 0 fully saturated rings. The largest absolute Gasteiger partial charge is 0.493 e. The van der Waals surface area contributed by atoms with Crippen molar-refractivity contribution in [3.63, 3.8) is 0 Å².